The van der Waals surface area contributed by atoms with Gasteiger partial charge in [0.05, 0.1) is 18.9 Å². The van der Waals surface area contributed by atoms with Crippen molar-refractivity contribution >= 4 is 11.9 Å². The van der Waals surface area contributed by atoms with Gasteiger partial charge in [0.1, 0.15) is 0 Å². The monoisotopic (exact) mass is 224 g/mol. The summed E-state index contributed by atoms with van der Waals surface area (Å²) in [5.41, 5.74) is 0. The number of allylic oxidation sites excluding steroid dienone is 2. The molecule has 0 aromatic heterocycles. The Hall–Kier alpha value is -1.32. The van der Waals surface area contributed by atoms with Crippen LogP contribution < -0.4 is 0 Å². The van der Waals surface area contributed by atoms with E-state index >= 15 is 0 Å². The zero-order valence-electron chi connectivity index (χ0n) is 9.26. The van der Waals surface area contributed by atoms with Gasteiger partial charge in [0.15, 0.2) is 0 Å². The quantitative estimate of drug-likeness (QED) is 0.569. The fourth-order valence-corrected chi connectivity index (χ4v) is 2.99. The summed E-state index contributed by atoms with van der Waals surface area (Å²) >= 11 is 0. The van der Waals surface area contributed by atoms with Crippen LogP contribution in [0.25, 0.3) is 0 Å². The second-order valence-corrected chi connectivity index (χ2v) is 4.56. The van der Waals surface area contributed by atoms with Crippen molar-refractivity contribution in [2.75, 3.05) is 7.11 Å². The molecule has 0 amide bonds. The van der Waals surface area contributed by atoms with Crippen molar-refractivity contribution in [1.29, 1.82) is 0 Å². The molecule has 1 saturated carbocycles. The molecule has 16 heavy (non-hydrogen) atoms. The molecule has 0 saturated heterocycles. The second kappa shape index (κ2) is 4.28. The van der Waals surface area contributed by atoms with E-state index in [4.69, 9.17) is 4.74 Å². The summed E-state index contributed by atoms with van der Waals surface area (Å²) in [4.78, 5) is 23.0. The maximum Gasteiger partial charge on any atom is 0.310 e. The number of carbonyl (C=O) groups excluding carboxylic acids is 1. The highest BCUT2D eigenvalue weighted by Gasteiger charge is 2.46. The van der Waals surface area contributed by atoms with E-state index in [1.807, 2.05) is 12.2 Å². The average molecular weight is 224 g/mol. The molecule has 0 unspecified atom stereocenters. The summed E-state index contributed by atoms with van der Waals surface area (Å²) in [6, 6.07) is 0. The highest BCUT2D eigenvalue weighted by Crippen LogP contribution is 2.43. The lowest BCUT2D eigenvalue weighted by atomic mass is 9.71. The van der Waals surface area contributed by atoms with Crippen molar-refractivity contribution in [3.05, 3.63) is 12.2 Å². The fourth-order valence-electron chi connectivity index (χ4n) is 2.99. The number of carboxylic acid groups (broad SMARTS) is 1. The molecule has 0 aromatic carbocycles. The fraction of sp³-hybridized carbons (Fsp3) is 0.667. The predicted octanol–water partition coefficient (Wildman–Crippen LogP) is 1.46. The Balaban J connectivity index is 2.35. The number of carbonyl (C=O) groups is 2. The Morgan fingerprint density at radius 2 is 1.75 bits per heavy atom. The molecule has 0 aliphatic heterocycles. The third-order valence-electron chi connectivity index (χ3n) is 3.75. The van der Waals surface area contributed by atoms with Crippen LogP contribution in [0, 0.1) is 23.7 Å². The minimum absolute atomic E-state index is 0.0136. The van der Waals surface area contributed by atoms with Crippen molar-refractivity contribution in [3.63, 3.8) is 0 Å². The molecule has 1 N–H and O–H groups in total. The van der Waals surface area contributed by atoms with Gasteiger partial charge in [-0.05, 0) is 24.7 Å². The maximum atomic E-state index is 11.7. The van der Waals surface area contributed by atoms with Gasteiger partial charge in [-0.15, -0.1) is 0 Å². The van der Waals surface area contributed by atoms with Crippen LogP contribution in [-0.2, 0) is 14.3 Å². The summed E-state index contributed by atoms with van der Waals surface area (Å²) < 4.78 is 4.74. The minimum atomic E-state index is -0.878. The van der Waals surface area contributed by atoms with E-state index < -0.39 is 17.8 Å². The molecule has 0 heterocycles. The topological polar surface area (TPSA) is 63.6 Å². The number of rotatable bonds is 2. The smallest absolute Gasteiger partial charge is 0.310 e. The zero-order chi connectivity index (χ0) is 11.7. The van der Waals surface area contributed by atoms with E-state index in [2.05, 4.69) is 0 Å². The SMILES string of the molecule is COC(=O)[C@H]1[C@H](C(=O)O)[C@@H]2C=C[C@H]1CCC2. The van der Waals surface area contributed by atoms with Crippen LogP contribution in [0.5, 0.6) is 0 Å². The largest absolute Gasteiger partial charge is 0.481 e. The first kappa shape index (κ1) is 11.2. The van der Waals surface area contributed by atoms with Crippen LogP contribution in [-0.4, -0.2) is 24.2 Å². The summed E-state index contributed by atoms with van der Waals surface area (Å²) in [6.07, 6.45) is 6.70. The Morgan fingerprint density at radius 1 is 1.19 bits per heavy atom. The van der Waals surface area contributed by atoms with E-state index in [9.17, 15) is 14.7 Å². The molecule has 1 fully saturated rings. The van der Waals surface area contributed by atoms with Gasteiger partial charge in [-0.25, -0.2) is 0 Å². The minimum Gasteiger partial charge on any atom is -0.481 e. The molecular formula is C12H16O4. The maximum absolute atomic E-state index is 11.7. The van der Waals surface area contributed by atoms with Crippen molar-refractivity contribution in [1.82, 2.24) is 0 Å². The van der Waals surface area contributed by atoms with Gasteiger partial charge in [-0.1, -0.05) is 18.6 Å². The number of hydrogen-bond acceptors (Lipinski definition) is 3. The van der Waals surface area contributed by atoms with Crippen LogP contribution in [0.4, 0.5) is 0 Å². The van der Waals surface area contributed by atoms with E-state index in [0.29, 0.717) is 0 Å². The second-order valence-electron chi connectivity index (χ2n) is 4.56. The Labute approximate surface area is 94.3 Å². The molecule has 3 aliphatic rings. The number of esters is 1. The molecule has 0 aromatic rings. The molecule has 3 aliphatic carbocycles. The van der Waals surface area contributed by atoms with Crippen molar-refractivity contribution in [2.45, 2.75) is 19.3 Å². The lowest BCUT2D eigenvalue weighted by Crippen LogP contribution is -2.40. The van der Waals surface area contributed by atoms with E-state index in [1.165, 1.54) is 7.11 Å². The van der Waals surface area contributed by atoms with Crippen LogP contribution in [0.1, 0.15) is 19.3 Å². The molecule has 0 spiro atoms. The zero-order valence-corrected chi connectivity index (χ0v) is 9.26. The highest BCUT2D eigenvalue weighted by molar-refractivity contribution is 5.82. The lowest BCUT2D eigenvalue weighted by molar-refractivity contribution is -0.159. The summed E-state index contributed by atoms with van der Waals surface area (Å²) in [7, 11) is 1.32. The predicted molar refractivity (Wildman–Crippen MR) is 56.6 cm³/mol. The highest BCUT2D eigenvalue weighted by atomic mass is 16.5. The Morgan fingerprint density at radius 3 is 2.25 bits per heavy atom. The van der Waals surface area contributed by atoms with E-state index in [0.717, 1.165) is 19.3 Å². The summed E-state index contributed by atoms with van der Waals surface area (Å²) in [6.45, 7) is 0. The first-order valence-electron chi connectivity index (χ1n) is 5.64. The van der Waals surface area contributed by atoms with E-state index in [1.54, 1.807) is 0 Å². The van der Waals surface area contributed by atoms with Crippen molar-refractivity contribution < 1.29 is 19.4 Å². The normalized spacial score (nSPS) is 36.8. The lowest BCUT2D eigenvalue weighted by Gasteiger charge is -2.32. The van der Waals surface area contributed by atoms with Crippen LogP contribution in [0.2, 0.25) is 0 Å². The molecule has 3 rings (SSSR count). The van der Waals surface area contributed by atoms with Crippen LogP contribution in [0.3, 0.4) is 0 Å². The number of hydrogen-bond donors (Lipinski definition) is 1. The van der Waals surface area contributed by atoms with Crippen LogP contribution >= 0.6 is 0 Å². The Kier molecular flexibility index (Phi) is 2.99. The number of carboxylic acids is 1. The summed E-state index contributed by atoms with van der Waals surface area (Å²) in [5, 5.41) is 9.26. The van der Waals surface area contributed by atoms with Gasteiger partial charge in [-0.3, -0.25) is 9.59 Å². The van der Waals surface area contributed by atoms with Crippen molar-refractivity contribution in [3.8, 4) is 0 Å². The number of ether oxygens (including phenoxy) is 1. The molecule has 2 bridgehead atoms. The first-order valence-corrected chi connectivity index (χ1v) is 5.64. The van der Waals surface area contributed by atoms with Gasteiger partial charge >= 0.3 is 11.9 Å². The van der Waals surface area contributed by atoms with Gasteiger partial charge in [-0.2, -0.15) is 0 Å². The molecule has 4 nitrogen and oxygen atoms in total. The number of aliphatic carboxylic acids is 1. The molecule has 4 atom stereocenters. The third-order valence-corrected chi connectivity index (χ3v) is 3.75. The number of fused-ring (bicyclic) bond motifs is 3. The van der Waals surface area contributed by atoms with Gasteiger partial charge < -0.3 is 9.84 Å². The average Bonchev–Trinajstić information content (AvgIpc) is 2.60. The van der Waals surface area contributed by atoms with Crippen molar-refractivity contribution in [2.24, 2.45) is 23.7 Å². The van der Waals surface area contributed by atoms with Gasteiger partial charge in [0.2, 0.25) is 0 Å². The van der Waals surface area contributed by atoms with E-state index in [-0.39, 0.29) is 17.8 Å². The first-order chi connectivity index (χ1) is 7.65. The molecule has 0 radical (unpaired) electrons. The molecular weight excluding hydrogens is 208 g/mol. The third kappa shape index (κ3) is 1.72. The van der Waals surface area contributed by atoms with Crippen LogP contribution in [0.15, 0.2) is 12.2 Å². The Bertz CT molecular complexity index is 334. The molecule has 4 heteroatoms. The van der Waals surface area contributed by atoms with Gasteiger partial charge in [0, 0.05) is 0 Å². The van der Waals surface area contributed by atoms with Gasteiger partial charge in [0.25, 0.3) is 0 Å². The molecule has 88 valence electrons. The summed E-state index contributed by atoms with van der Waals surface area (Å²) in [5.74, 6) is -2.34. The standard InChI is InChI=1S/C12H16O4/c1-16-12(15)10-8-4-2-3-7(5-6-8)9(10)11(13)14/h5-10H,2-4H2,1H3,(H,13,14)/t7-,8+,9+,10+/m0/s1. The number of methoxy groups -OCH3 is 1.